The summed E-state index contributed by atoms with van der Waals surface area (Å²) in [6.45, 7) is 0. The molecule has 0 fully saturated rings. The molecule has 0 aliphatic carbocycles. The smallest absolute Gasteiger partial charge is 0.743 e. The van der Waals surface area contributed by atoms with Crippen molar-refractivity contribution in [3.05, 3.63) is 0 Å². The number of hydrogen-bond acceptors (Lipinski definition) is 9. The third-order valence-electron chi connectivity index (χ3n) is 9.02. The Hall–Kier alpha value is -2.74. The summed E-state index contributed by atoms with van der Waals surface area (Å²) in [5.41, 5.74) is 0. The van der Waals surface area contributed by atoms with Crippen LogP contribution in [-0.2, 0) is 63.1 Å². The van der Waals surface area contributed by atoms with Crippen LogP contribution in [-0.4, -0.2) is 180 Å². The van der Waals surface area contributed by atoms with Gasteiger partial charge < -0.3 is 13.7 Å². The topological polar surface area (TPSA) is 172 Å². The van der Waals surface area contributed by atoms with Gasteiger partial charge in [0.05, 0.1) is 0 Å². The molecule has 0 N–H and O–H groups in total. The van der Waals surface area contributed by atoms with Crippen molar-refractivity contribution >= 4 is 30.4 Å². The first kappa shape index (κ1) is 91.7. The van der Waals surface area contributed by atoms with E-state index >= 15 is 0 Å². The van der Waals surface area contributed by atoms with Crippen LogP contribution >= 0.6 is 0 Å². The van der Waals surface area contributed by atoms with Gasteiger partial charge in [-0.1, -0.05) is 0 Å². The summed E-state index contributed by atoms with van der Waals surface area (Å²) in [7, 11) is -24.4. The molecule has 0 aliphatic heterocycles. The Labute approximate surface area is 466 Å². The summed E-state index contributed by atoms with van der Waals surface area (Å²) >= 11 is 0. The van der Waals surface area contributed by atoms with Crippen molar-refractivity contribution < 1.29 is 296 Å². The summed E-state index contributed by atoms with van der Waals surface area (Å²) in [4.78, 5) is 0. The van der Waals surface area contributed by atoms with Gasteiger partial charge in [0.15, 0.2) is 30.4 Å². The van der Waals surface area contributed by atoms with Crippen LogP contribution in [0.1, 0.15) is 0 Å². The molecule has 0 atom stereocenters. The van der Waals surface area contributed by atoms with Gasteiger partial charge in [0, 0.05) is 0 Å². The van der Waals surface area contributed by atoms with Gasteiger partial charge >= 0.3 is 174 Å². The summed E-state index contributed by atoms with van der Waals surface area (Å²) in [5, 5.41) is -23.9. The average Bonchev–Trinajstić information content (AvgIpc) is 3.23. The van der Waals surface area contributed by atoms with E-state index in [-0.39, 0.29) is 32.7 Å². The summed E-state index contributed by atoms with van der Waals surface area (Å²) in [6.07, 6.45) is -23.7. The Bertz CT molecular complexity index is 2500. The molecular weight excluding hydrogens is 1590 g/mol. The molecule has 0 aromatic heterocycles. The van der Waals surface area contributed by atoms with Crippen LogP contribution in [0.15, 0.2) is 0 Å². The Kier molecular flexibility index (Phi) is 24.0. The number of rotatable bonds is 21. The summed E-state index contributed by atoms with van der Waals surface area (Å²) in [5.74, 6) is -156. The molecule has 0 amide bonds. The van der Waals surface area contributed by atoms with Crippen molar-refractivity contribution in [1.82, 2.24) is 0 Å². The molecule has 0 rings (SSSR count). The zero-order chi connectivity index (χ0) is 73.5. The third-order valence-corrected chi connectivity index (χ3v) is 11.7. The molecule has 88 heavy (non-hydrogen) atoms. The standard InChI is InChI=1S/3C8HF17O3S.Y/c3*9-1(10,3(13,14)5(17,18)7(21,22)23)2(11,12)4(15,16)6(19,20)8(24,25)29(26,27)28;/h3*(H,26,27,28);/q;;;+3/p-3. The van der Waals surface area contributed by atoms with Gasteiger partial charge in [-0.3, -0.25) is 0 Å². The molecule has 0 spiro atoms. The van der Waals surface area contributed by atoms with E-state index in [0.717, 1.165) is 0 Å². The molecule has 9 nitrogen and oxygen atoms in total. The minimum absolute atomic E-state index is 0. The molecular formula is C24F51O9S3Y. The zero-order valence-corrected chi connectivity index (χ0v) is 42.0. The predicted molar refractivity (Wildman–Crippen MR) is 151 cm³/mol. The fourth-order valence-corrected chi connectivity index (χ4v) is 5.25. The maximum absolute atomic E-state index is 13.0. The van der Waals surface area contributed by atoms with Crippen LogP contribution in [0.2, 0.25) is 0 Å². The van der Waals surface area contributed by atoms with Gasteiger partial charge in [-0.2, -0.15) is 224 Å². The number of alkyl halides is 51. The Morgan fingerprint density at radius 1 is 0.148 bits per heavy atom. The van der Waals surface area contributed by atoms with Crippen LogP contribution in [0.3, 0.4) is 0 Å². The van der Waals surface area contributed by atoms with Gasteiger partial charge in [-0.05, 0) is 0 Å². The van der Waals surface area contributed by atoms with Crippen LogP contribution in [0, 0.1) is 0 Å². The first-order valence-electron chi connectivity index (χ1n) is 17.0. The summed E-state index contributed by atoms with van der Waals surface area (Å²) in [6, 6.07) is 0. The molecule has 0 saturated heterocycles. The Morgan fingerprint density at radius 3 is 0.284 bits per heavy atom. The average molecular weight is 1590 g/mol. The molecule has 0 aromatic carbocycles. The SMILES string of the molecule is O=S(=O)([O-])C(F)(F)C(F)(F)C(F)(F)C(F)(F)C(F)(F)C(F)(F)C(F)(F)C(F)(F)F.O=S(=O)([O-])C(F)(F)C(F)(F)C(F)(F)C(F)(F)C(F)(F)C(F)(F)C(F)(F)C(F)(F)F.O=S(=O)([O-])C(F)(F)C(F)(F)C(F)(F)C(F)(F)C(F)(F)C(F)(F)C(F)(F)C(F)(F)F.[Y+3]. The molecule has 64 heteroatoms. The summed E-state index contributed by atoms with van der Waals surface area (Å²) < 4.78 is 732. The zero-order valence-electron chi connectivity index (χ0n) is 36.8. The molecule has 0 aromatic rings. The third kappa shape index (κ3) is 12.4. The first-order valence-corrected chi connectivity index (χ1v) is 21.2. The molecule has 0 aliphatic rings. The van der Waals surface area contributed by atoms with E-state index in [0.29, 0.717) is 0 Å². The van der Waals surface area contributed by atoms with E-state index < -0.39 is 171 Å². The van der Waals surface area contributed by atoms with Crippen LogP contribution < -0.4 is 0 Å². The molecule has 0 heterocycles. The van der Waals surface area contributed by atoms with Gasteiger partial charge in [-0.25, -0.2) is 25.3 Å². The van der Waals surface area contributed by atoms with Crippen LogP contribution in [0.4, 0.5) is 224 Å². The second kappa shape index (κ2) is 23.0. The number of halogens is 51. The second-order valence-electron chi connectivity index (χ2n) is 14.7. The van der Waals surface area contributed by atoms with Crippen LogP contribution in [0.5, 0.6) is 0 Å². The van der Waals surface area contributed by atoms with E-state index in [4.69, 9.17) is 0 Å². The van der Waals surface area contributed by atoms with Crippen molar-refractivity contribution in [2.45, 2.75) is 141 Å². The molecule has 0 radical (unpaired) electrons. The fourth-order valence-electron chi connectivity index (χ4n) is 3.92. The van der Waals surface area contributed by atoms with Gasteiger partial charge in [0.25, 0.3) is 0 Å². The van der Waals surface area contributed by atoms with E-state index in [1.54, 1.807) is 0 Å². The van der Waals surface area contributed by atoms with Crippen molar-refractivity contribution in [3.8, 4) is 0 Å². The van der Waals surface area contributed by atoms with Crippen molar-refractivity contribution in [2.75, 3.05) is 0 Å². The quantitative estimate of drug-likeness (QED) is 0.0801. The van der Waals surface area contributed by atoms with E-state index in [1.807, 2.05) is 0 Å². The second-order valence-corrected chi connectivity index (χ2v) is 19.0. The van der Waals surface area contributed by atoms with Crippen molar-refractivity contribution in [2.24, 2.45) is 0 Å². The largest absolute Gasteiger partial charge is 3.00 e. The van der Waals surface area contributed by atoms with Gasteiger partial charge in [-0.15, -0.1) is 0 Å². The molecule has 0 bridgehead atoms. The number of hydrogen-bond donors (Lipinski definition) is 0. The van der Waals surface area contributed by atoms with Gasteiger partial charge in [0.1, 0.15) is 0 Å². The predicted octanol–water partition coefficient (Wildman–Crippen LogP) is 13.5. The van der Waals surface area contributed by atoms with Crippen molar-refractivity contribution in [1.29, 1.82) is 0 Å². The minimum Gasteiger partial charge on any atom is -0.743 e. The molecule has 0 saturated carbocycles. The molecule has 528 valence electrons. The Balaban J connectivity index is -0.000000598. The van der Waals surface area contributed by atoms with E-state index in [9.17, 15) is 263 Å². The minimum atomic E-state index is -8.92. The maximum atomic E-state index is 13.0. The Morgan fingerprint density at radius 2 is 0.216 bits per heavy atom. The molecule has 0 unspecified atom stereocenters. The van der Waals surface area contributed by atoms with Gasteiger partial charge in [0.2, 0.25) is 0 Å². The normalized spacial score (nSPS) is 16.7. The van der Waals surface area contributed by atoms with Crippen molar-refractivity contribution in [3.63, 3.8) is 0 Å². The monoisotopic (exact) mass is 1590 g/mol. The van der Waals surface area contributed by atoms with Crippen LogP contribution in [0.25, 0.3) is 0 Å². The van der Waals surface area contributed by atoms with E-state index in [2.05, 4.69) is 0 Å². The fraction of sp³-hybridized carbons (Fsp3) is 1.00. The first-order chi connectivity index (χ1) is 36.0. The van der Waals surface area contributed by atoms with E-state index in [1.165, 1.54) is 0 Å². The maximum Gasteiger partial charge on any atom is 3.00 e.